The highest BCUT2D eigenvalue weighted by Gasteiger charge is 2.25. The average molecular weight is 251 g/mol. The van der Waals surface area contributed by atoms with Crippen molar-refractivity contribution in [3.63, 3.8) is 0 Å². The second-order valence-electron chi connectivity index (χ2n) is 3.99. The lowest BCUT2D eigenvalue weighted by Gasteiger charge is -2.15. The highest BCUT2D eigenvalue weighted by molar-refractivity contribution is 6.25. The maximum absolute atomic E-state index is 12.2. The molecule has 19 heavy (non-hydrogen) atoms. The lowest BCUT2D eigenvalue weighted by Crippen LogP contribution is -2.22. The summed E-state index contributed by atoms with van der Waals surface area (Å²) < 4.78 is 0. The van der Waals surface area contributed by atoms with E-state index in [1.54, 1.807) is 42.7 Å². The maximum Gasteiger partial charge on any atom is 0.227 e. The predicted octanol–water partition coefficient (Wildman–Crippen LogP) is 1.85. The van der Waals surface area contributed by atoms with Gasteiger partial charge in [0.1, 0.15) is 0 Å². The molecular formula is C14H9N3O2. The maximum atomic E-state index is 12.2. The number of aromatic nitrogens is 2. The van der Waals surface area contributed by atoms with E-state index >= 15 is 0 Å². The van der Waals surface area contributed by atoms with Gasteiger partial charge in [0.15, 0.2) is 5.78 Å². The molecule has 0 spiro atoms. The molecule has 0 aliphatic heterocycles. The summed E-state index contributed by atoms with van der Waals surface area (Å²) in [5.41, 5.74) is 1.01. The summed E-state index contributed by atoms with van der Waals surface area (Å²) in [6.45, 7) is 0. The number of nitrogens with one attached hydrogen (secondary N) is 1. The van der Waals surface area contributed by atoms with Crippen LogP contribution in [0.1, 0.15) is 20.7 Å². The van der Waals surface area contributed by atoms with Crippen LogP contribution >= 0.6 is 0 Å². The largest absolute Gasteiger partial charge is 0.321 e. The van der Waals surface area contributed by atoms with Crippen LogP contribution in [0.25, 0.3) is 0 Å². The van der Waals surface area contributed by atoms with Gasteiger partial charge in [0.2, 0.25) is 11.7 Å². The highest BCUT2D eigenvalue weighted by Crippen LogP contribution is 2.21. The number of rotatable bonds is 2. The Morgan fingerprint density at radius 1 is 0.895 bits per heavy atom. The number of nitrogens with zero attached hydrogens (tertiary/aromatic N) is 2. The minimum Gasteiger partial charge on any atom is -0.321 e. The van der Waals surface area contributed by atoms with Crippen LogP contribution in [0.3, 0.4) is 0 Å². The first-order valence-electron chi connectivity index (χ1n) is 5.69. The van der Waals surface area contributed by atoms with E-state index in [9.17, 15) is 9.59 Å². The molecule has 3 rings (SSSR count). The number of hydrogen-bond acceptors (Lipinski definition) is 5. The fraction of sp³-hybridized carbons (Fsp3) is 0. The molecule has 0 saturated carbocycles. The molecule has 5 heteroatoms. The molecule has 0 radical (unpaired) electrons. The van der Waals surface area contributed by atoms with Crippen molar-refractivity contribution in [2.45, 2.75) is 0 Å². The number of ketones is 2. The Bertz CT molecular complexity index is 693. The summed E-state index contributed by atoms with van der Waals surface area (Å²) in [5.74, 6) is -0.148. The zero-order valence-corrected chi connectivity index (χ0v) is 9.83. The molecule has 92 valence electrons. The number of anilines is 1. The summed E-state index contributed by atoms with van der Waals surface area (Å²) in [5, 5.41) is 2.77. The number of benzene rings is 1. The Balaban J connectivity index is 1.97. The van der Waals surface area contributed by atoms with E-state index in [-0.39, 0.29) is 23.2 Å². The Labute approximate surface area is 109 Å². The standard InChI is InChI=1S/C14H9N3O2/c18-12-8-11(17-14-15-6-3-7-16-14)13(19)10-5-2-1-4-9(10)12/h1-8H,(H,15,16,17). The van der Waals surface area contributed by atoms with Crippen LogP contribution in [0.15, 0.2) is 54.5 Å². The Hall–Kier alpha value is -2.82. The molecule has 1 heterocycles. The van der Waals surface area contributed by atoms with Crippen LogP contribution in [-0.4, -0.2) is 21.5 Å². The number of carbonyl (C=O) groups excluding carboxylic acids is 2. The molecule has 2 aromatic rings. The topological polar surface area (TPSA) is 72.0 Å². The minimum absolute atomic E-state index is 0.190. The van der Waals surface area contributed by atoms with Gasteiger partial charge in [-0.05, 0) is 6.07 Å². The molecule has 1 aromatic carbocycles. The quantitative estimate of drug-likeness (QED) is 0.881. The minimum atomic E-state index is -0.234. The lowest BCUT2D eigenvalue weighted by molar-refractivity contribution is 0.0985. The van der Waals surface area contributed by atoms with Crippen LogP contribution < -0.4 is 5.32 Å². The van der Waals surface area contributed by atoms with E-state index < -0.39 is 0 Å². The average Bonchev–Trinajstić information content (AvgIpc) is 2.46. The third-order valence-corrected chi connectivity index (χ3v) is 2.77. The van der Waals surface area contributed by atoms with Gasteiger partial charge in [-0.3, -0.25) is 9.59 Å². The van der Waals surface area contributed by atoms with Crippen LogP contribution in [0.4, 0.5) is 5.95 Å². The number of hydrogen-bond donors (Lipinski definition) is 1. The third kappa shape index (κ3) is 2.01. The zero-order valence-electron chi connectivity index (χ0n) is 9.83. The van der Waals surface area contributed by atoms with E-state index in [4.69, 9.17) is 0 Å². The van der Waals surface area contributed by atoms with Crippen molar-refractivity contribution in [1.82, 2.24) is 9.97 Å². The summed E-state index contributed by atoms with van der Waals surface area (Å²) in [6.07, 6.45) is 4.39. The number of allylic oxidation sites excluding steroid dienone is 2. The Morgan fingerprint density at radius 2 is 1.58 bits per heavy atom. The van der Waals surface area contributed by atoms with Crippen LogP contribution in [0.2, 0.25) is 0 Å². The number of fused-ring (bicyclic) bond motifs is 1. The normalized spacial score (nSPS) is 13.8. The van der Waals surface area contributed by atoms with Gasteiger partial charge in [-0.2, -0.15) is 0 Å². The Morgan fingerprint density at radius 3 is 2.32 bits per heavy atom. The third-order valence-electron chi connectivity index (χ3n) is 2.77. The van der Waals surface area contributed by atoms with E-state index in [0.29, 0.717) is 11.1 Å². The molecule has 0 amide bonds. The molecule has 1 aliphatic carbocycles. The van der Waals surface area contributed by atoms with E-state index in [2.05, 4.69) is 15.3 Å². The summed E-state index contributed by atoms with van der Waals surface area (Å²) >= 11 is 0. The van der Waals surface area contributed by atoms with Crippen molar-refractivity contribution in [2.75, 3.05) is 5.32 Å². The molecule has 1 aliphatic rings. The van der Waals surface area contributed by atoms with Crippen molar-refractivity contribution >= 4 is 17.5 Å². The van der Waals surface area contributed by atoms with Gasteiger partial charge >= 0.3 is 0 Å². The summed E-state index contributed by atoms with van der Waals surface area (Å²) in [6, 6.07) is 8.41. The molecule has 0 unspecified atom stereocenters. The van der Waals surface area contributed by atoms with Crippen LogP contribution in [0.5, 0.6) is 0 Å². The van der Waals surface area contributed by atoms with Gasteiger partial charge < -0.3 is 5.32 Å². The zero-order chi connectivity index (χ0) is 13.2. The van der Waals surface area contributed by atoms with Gasteiger partial charge in [0.25, 0.3) is 0 Å². The number of carbonyl (C=O) groups is 2. The molecule has 0 atom stereocenters. The first-order valence-corrected chi connectivity index (χ1v) is 5.69. The SMILES string of the molecule is O=C1C=C(Nc2ncccn2)C(=O)c2ccccc21. The molecule has 0 fully saturated rings. The van der Waals surface area contributed by atoms with Gasteiger partial charge in [-0.25, -0.2) is 9.97 Å². The molecule has 5 nitrogen and oxygen atoms in total. The van der Waals surface area contributed by atoms with E-state index in [1.165, 1.54) is 6.08 Å². The van der Waals surface area contributed by atoms with Crippen molar-refractivity contribution in [3.05, 3.63) is 65.6 Å². The van der Waals surface area contributed by atoms with E-state index in [1.807, 2.05) is 0 Å². The second kappa shape index (κ2) is 4.45. The van der Waals surface area contributed by atoms with E-state index in [0.717, 1.165) is 0 Å². The highest BCUT2D eigenvalue weighted by atomic mass is 16.1. The van der Waals surface area contributed by atoms with Gasteiger partial charge in [0, 0.05) is 29.6 Å². The Kier molecular flexibility index (Phi) is 2.64. The van der Waals surface area contributed by atoms with Crippen molar-refractivity contribution in [1.29, 1.82) is 0 Å². The van der Waals surface area contributed by atoms with Crippen molar-refractivity contribution in [2.24, 2.45) is 0 Å². The number of Topliss-reactive ketones (excluding diaryl/α,β-unsaturated/α-hetero) is 1. The first-order chi connectivity index (χ1) is 9.25. The van der Waals surface area contributed by atoms with Gasteiger partial charge in [0.05, 0.1) is 5.70 Å². The van der Waals surface area contributed by atoms with Gasteiger partial charge in [-0.1, -0.05) is 24.3 Å². The smallest absolute Gasteiger partial charge is 0.227 e. The van der Waals surface area contributed by atoms with Crippen LogP contribution in [0, 0.1) is 0 Å². The second-order valence-corrected chi connectivity index (χ2v) is 3.99. The summed E-state index contributed by atoms with van der Waals surface area (Å²) in [7, 11) is 0. The lowest BCUT2D eigenvalue weighted by atomic mass is 9.93. The predicted molar refractivity (Wildman–Crippen MR) is 68.8 cm³/mol. The van der Waals surface area contributed by atoms with Crippen molar-refractivity contribution in [3.8, 4) is 0 Å². The monoisotopic (exact) mass is 251 g/mol. The summed E-state index contributed by atoms with van der Waals surface area (Å²) in [4.78, 5) is 32.1. The first kappa shape index (κ1) is 11.3. The molecular weight excluding hydrogens is 242 g/mol. The van der Waals surface area contributed by atoms with Gasteiger partial charge in [-0.15, -0.1) is 0 Å². The fourth-order valence-electron chi connectivity index (χ4n) is 1.89. The van der Waals surface area contributed by atoms with Crippen molar-refractivity contribution < 1.29 is 9.59 Å². The fourth-order valence-corrected chi connectivity index (χ4v) is 1.89. The molecule has 0 bridgehead atoms. The molecule has 1 aromatic heterocycles. The molecule has 0 saturated heterocycles. The molecule has 1 N–H and O–H groups in total. The van der Waals surface area contributed by atoms with Crippen LogP contribution in [-0.2, 0) is 0 Å².